The smallest absolute Gasteiger partial charge is 0.410 e. The number of amides is 1. The molecule has 1 aromatic carbocycles. The maximum atomic E-state index is 12.4. The summed E-state index contributed by atoms with van der Waals surface area (Å²) in [5.74, 6) is 0. The van der Waals surface area contributed by atoms with E-state index in [1.54, 1.807) is 0 Å². The number of aromatic nitrogens is 1. The number of aromatic amines is 1. The molecule has 4 rings (SSSR count). The Morgan fingerprint density at radius 3 is 2.26 bits per heavy atom. The van der Waals surface area contributed by atoms with Crippen molar-refractivity contribution < 1.29 is 9.53 Å². The molecule has 0 bridgehead atoms. The zero-order chi connectivity index (χ0) is 22.2. The minimum Gasteiger partial charge on any atom is -0.444 e. The molecule has 170 valence electrons. The van der Waals surface area contributed by atoms with Crippen LogP contribution in [0, 0.1) is 5.41 Å². The minimum absolute atomic E-state index is 0.156. The van der Waals surface area contributed by atoms with Crippen LogP contribution in [0.1, 0.15) is 71.6 Å². The Hall–Kier alpha value is -2.17. The van der Waals surface area contributed by atoms with E-state index in [1.807, 2.05) is 25.7 Å². The highest BCUT2D eigenvalue weighted by molar-refractivity contribution is 5.87. The Bertz CT molecular complexity index is 922. The van der Waals surface area contributed by atoms with Gasteiger partial charge in [0.05, 0.1) is 0 Å². The third kappa shape index (κ3) is 4.56. The van der Waals surface area contributed by atoms with Gasteiger partial charge in [0.15, 0.2) is 0 Å². The Morgan fingerprint density at radius 2 is 1.68 bits per heavy atom. The van der Waals surface area contributed by atoms with Crippen molar-refractivity contribution in [2.45, 2.75) is 78.7 Å². The molecular weight excluding hydrogens is 386 g/mol. The summed E-state index contributed by atoms with van der Waals surface area (Å²) in [5, 5.41) is 1.38. The lowest BCUT2D eigenvalue weighted by Crippen LogP contribution is -2.49. The summed E-state index contributed by atoms with van der Waals surface area (Å²) in [4.78, 5) is 20.5. The number of benzene rings is 1. The first kappa shape index (κ1) is 22.0. The van der Waals surface area contributed by atoms with Crippen LogP contribution in [0.4, 0.5) is 10.5 Å². The Balaban J connectivity index is 1.37. The third-order valence-electron chi connectivity index (χ3n) is 7.35. The normalized spacial score (nSPS) is 19.3. The zero-order valence-electron chi connectivity index (χ0n) is 20.0. The predicted octanol–water partition coefficient (Wildman–Crippen LogP) is 5.91. The molecule has 1 amide bonds. The molecule has 5 nitrogen and oxygen atoms in total. The maximum Gasteiger partial charge on any atom is 0.410 e. The summed E-state index contributed by atoms with van der Waals surface area (Å²) < 4.78 is 5.57. The number of anilines is 1. The van der Waals surface area contributed by atoms with Gasteiger partial charge >= 0.3 is 6.09 Å². The van der Waals surface area contributed by atoms with E-state index in [2.05, 4.69) is 41.9 Å². The second-order valence-corrected chi connectivity index (χ2v) is 10.5. The van der Waals surface area contributed by atoms with Gasteiger partial charge in [-0.1, -0.05) is 19.9 Å². The van der Waals surface area contributed by atoms with E-state index < -0.39 is 5.60 Å². The minimum atomic E-state index is -0.423. The van der Waals surface area contributed by atoms with Crippen LogP contribution in [0.3, 0.4) is 0 Å². The number of piperidine rings is 2. The number of nitrogens with zero attached hydrogens (tertiary/aromatic N) is 2. The number of carbonyl (C=O) groups excluding carboxylic acids is 1. The molecule has 1 N–H and O–H groups in total. The lowest BCUT2D eigenvalue weighted by atomic mass is 9.71. The van der Waals surface area contributed by atoms with Gasteiger partial charge in [-0.05, 0) is 82.4 Å². The highest BCUT2D eigenvalue weighted by atomic mass is 16.6. The van der Waals surface area contributed by atoms with E-state index in [0.29, 0.717) is 5.41 Å². The summed E-state index contributed by atoms with van der Waals surface area (Å²) >= 11 is 0. The molecular formula is C26H39N3O2. The number of nitrogens with one attached hydrogen (secondary N) is 1. The number of carbonyl (C=O) groups is 1. The Labute approximate surface area is 187 Å². The summed E-state index contributed by atoms with van der Waals surface area (Å²) in [5.41, 5.74) is 5.42. The summed E-state index contributed by atoms with van der Waals surface area (Å²) in [6.45, 7) is 14.1. The van der Waals surface area contributed by atoms with E-state index in [1.165, 1.54) is 40.7 Å². The van der Waals surface area contributed by atoms with Gasteiger partial charge in [0.1, 0.15) is 5.60 Å². The van der Waals surface area contributed by atoms with Crippen LogP contribution in [0.25, 0.3) is 10.9 Å². The molecule has 31 heavy (non-hydrogen) atoms. The second-order valence-electron chi connectivity index (χ2n) is 10.5. The van der Waals surface area contributed by atoms with Crippen LogP contribution in [0.5, 0.6) is 0 Å². The first-order valence-electron chi connectivity index (χ1n) is 12.1. The lowest BCUT2D eigenvalue weighted by Gasteiger charge is -2.47. The van der Waals surface area contributed by atoms with E-state index in [9.17, 15) is 4.79 Å². The van der Waals surface area contributed by atoms with Gasteiger partial charge < -0.3 is 19.5 Å². The number of aryl methyl sites for hydroxylation is 2. The van der Waals surface area contributed by atoms with E-state index in [-0.39, 0.29) is 6.09 Å². The van der Waals surface area contributed by atoms with Crippen molar-refractivity contribution in [3.8, 4) is 0 Å². The SMILES string of the molecule is CCc1[nH]c2cc(N3CCC4(CCN(C(=O)OC(C)(C)C)CC4)CC3)ccc2c1CC. The molecule has 1 spiro atoms. The van der Waals surface area contributed by atoms with Crippen LogP contribution in [-0.2, 0) is 17.6 Å². The van der Waals surface area contributed by atoms with Crippen LogP contribution in [0.15, 0.2) is 18.2 Å². The van der Waals surface area contributed by atoms with Crippen molar-refractivity contribution in [2.75, 3.05) is 31.1 Å². The summed E-state index contributed by atoms with van der Waals surface area (Å²) in [6, 6.07) is 6.96. The number of H-pyrrole nitrogens is 1. The average molecular weight is 426 g/mol. The molecule has 0 saturated carbocycles. The Morgan fingerprint density at radius 1 is 1.03 bits per heavy atom. The molecule has 1 aromatic heterocycles. The molecule has 2 aliphatic rings. The van der Waals surface area contributed by atoms with E-state index in [0.717, 1.165) is 51.9 Å². The molecule has 0 aliphatic carbocycles. The van der Waals surface area contributed by atoms with Crippen LogP contribution >= 0.6 is 0 Å². The zero-order valence-corrected chi connectivity index (χ0v) is 20.0. The molecule has 3 heterocycles. The Kier molecular flexibility index (Phi) is 5.97. The molecule has 0 radical (unpaired) electrons. The van der Waals surface area contributed by atoms with Gasteiger partial charge in [-0.2, -0.15) is 0 Å². The summed E-state index contributed by atoms with van der Waals surface area (Å²) in [7, 11) is 0. The fraction of sp³-hybridized carbons (Fsp3) is 0.654. The molecule has 2 saturated heterocycles. The van der Waals surface area contributed by atoms with Crippen molar-refractivity contribution in [3.63, 3.8) is 0 Å². The second kappa shape index (κ2) is 8.40. The number of fused-ring (bicyclic) bond motifs is 1. The number of rotatable bonds is 3. The average Bonchev–Trinajstić information content (AvgIpc) is 3.10. The molecule has 2 fully saturated rings. The number of hydrogen-bond acceptors (Lipinski definition) is 3. The van der Waals surface area contributed by atoms with Crippen molar-refractivity contribution in [1.29, 1.82) is 0 Å². The fourth-order valence-electron chi connectivity index (χ4n) is 5.43. The third-order valence-corrected chi connectivity index (χ3v) is 7.35. The molecule has 0 unspecified atom stereocenters. The molecule has 2 aromatic rings. The van der Waals surface area contributed by atoms with Crippen LogP contribution in [-0.4, -0.2) is 47.8 Å². The first-order valence-corrected chi connectivity index (χ1v) is 12.1. The van der Waals surface area contributed by atoms with Gasteiger partial charge in [0, 0.05) is 48.5 Å². The van der Waals surface area contributed by atoms with Crippen LogP contribution < -0.4 is 4.90 Å². The maximum absolute atomic E-state index is 12.4. The highest BCUT2D eigenvalue weighted by Crippen LogP contribution is 2.42. The lowest BCUT2D eigenvalue weighted by molar-refractivity contribution is 0.00666. The quantitative estimate of drug-likeness (QED) is 0.665. The molecule has 5 heteroatoms. The first-order chi connectivity index (χ1) is 14.7. The van der Waals surface area contributed by atoms with E-state index in [4.69, 9.17) is 4.74 Å². The molecule has 2 aliphatic heterocycles. The van der Waals surface area contributed by atoms with Crippen molar-refractivity contribution >= 4 is 22.7 Å². The van der Waals surface area contributed by atoms with Gasteiger partial charge in [-0.25, -0.2) is 4.79 Å². The van der Waals surface area contributed by atoms with Gasteiger partial charge in [-0.3, -0.25) is 0 Å². The number of ether oxygens (including phenoxy) is 1. The van der Waals surface area contributed by atoms with E-state index >= 15 is 0 Å². The predicted molar refractivity (Wildman–Crippen MR) is 128 cm³/mol. The number of hydrogen-bond donors (Lipinski definition) is 1. The van der Waals surface area contributed by atoms with Crippen molar-refractivity contribution in [3.05, 3.63) is 29.5 Å². The van der Waals surface area contributed by atoms with Gasteiger partial charge in [0.25, 0.3) is 0 Å². The summed E-state index contributed by atoms with van der Waals surface area (Å²) in [6.07, 6.45) is 6.58. The van der Waals surface area contributed by atoms with Crippen molar-refractivity contribution in [1.82, 2.24) is 9.88 Å². The topological polar surface area (TPSA) is 48.6 Å². The molecule has 0 atom stereocenters. The fourth-order valence-corrected chi connectivity index (χ4v) is 5.43. The monoisotopic (exact) mass is 425 g/mol. The highest BCUT2D eigenvalue weighted by Gasteiger charge is 2.39. The van der Waals surface area contributed by atoms with Crippen molar-refractivity contribution in [2.24, 2.45) is 5.41 Å². The number of likely N-dealkylation sites (tertiary alicyclic amines) is 1. The standard InChI is InChI=1S/C26H39N3O2/c1-6-20-21-9-8-19(18-23(21)27-22(20)7-2)28-14-10-26(11-15-28)12-16-29(17-13-26)24(30)31-25(3,4)5/h8-9,18,27H,6-7,10-17H2,1-5H3. The van der Waals surface area contributed by atoms with Crippen LogP contribution in [0.2, 0.25) is 0 Å². The van der Waals surface area contributed by atoms with Gasteiger partial charge in [0.2, 0.25) is 0 Å². The largest absolute Gasteiger partial charge is 0.444 e. The van der Waals surface area contributed by atoms with Gasteiger partial charge in [-0.15, -0.1) is 0 Å².